The number of anilines is 1. The molecule has 1 aliphatic heterocycles. The number of hydrogen-bond donors (Lipinski definition) is 1. The number of piperidine rings is 1. The summed E-state index contributed by atoms with van der Waals surface area (Å²) in [4.78, 5) is 12.8. The Hall–Kier alpha value is -1.75. The molecule has 1 saturated heterocycles. The molecule has 2 aromatic carbocycles. The van der Waals surface area contributed by atoms with Gasteiger partial charge in [0, 0.05) is 39.3 Å². The molecule has 0 spiro atoms. The van der Waals surface area contributed by atoms with E-state index in [4.69, 9.17) is 34.8 Å². The van der Waals surface area contributed by atoms with Gasteiger partial charge in [-0.15, -0.1) is 10.2 Å². The van der Waals surface area contributed by atoms with E-state index >= 15 is 0 Å². The molecule has 0 unspecified atom stereocenters. The molecule has 174 valence electrons. The Morgan fingerprint density at radius 2 is 1.79 bits per heavy atom. The van der Waals surface area contributed by atoms with Gasteiger partial charge in [-0.1, -0.05) is 64.3 Å². The molecule has 33 heavy (non-hydrogen) atoms. The van der Waals surface area contributed by atoms with Crippen LogP contribution in [0.1, 0.15) is 18.4 Å². The fourth-order valence-electron chi connectivity index (χ4n) is 3.54. The highest BCUT2D eigenvalue weighted by atomic mass is 35.5. The average Bonchev–Trinajstić information content (AvgIpc) is 3.25. The number of sulfonamides is 1. The third kappa shape index (κ3) is 5.85. The van der Waals surface area contributed by atoms with Crippen molar-refractivity contribution in [2.24, 2.45) is 5.92 Å². The summed E-state index contributed by atoms with van der Waals surface area (Å²) in [5.41, 5.74) is 1.20. The van der Waals surface area contributed by atoms with Gasteiger partial charge in [-0.3, -0.25) is 4.79 Å². The molecule has 2 heterocycles. The van der Waals surface area contributed by atoms with Gasteiger partial charge < -0.3 is 5.32 Å². The summed E-state index contributed by atoms with van der Waals surface area (Å²) in [6, 6.07) is 12.0. The van der Waals surface area contributed by atoms with Crippen molar-refractivity contribution in [3.05, 3.63) is 63.1 Å². The van der Waals surface area contributed by atoms with Gasteiger partial charge in [0.2, 0.25) is 21.1 Å². The van der Waals surface area contributed by atoms with Crippen LogP contribution in [0.3, 0.4) is 0 Å². The first kappa shape index (κ1) is 24.4. The zero-order chi connectivity index (χ0) is 23.6. The van der Waals surface area contributed by atoms with Gasteiger partial charge in [-0.2, -0.15) is 0 Å². The first-order valence-corrected chi connectivity index (χ1v) is 13.6. The second-order valence-electron chi connectivity index (χ2n) is 7.56. The van der Waals surface area contributed by atoms with E-state index in [1.807, 2.05) is 12.1 Å². The van der Waals surface area contributed by atoms with Crippen molar-refractivity contribution in [2.75, 3.05) is 18.4 Å². The summed E-state index contributed by atoms with van der Waals surface area (Å²) >= 11 is 19.4. The zero-order valence-electron chi connectivity index (χ0n) is 17.2. The molecule has 0 radical (unpaired) electrons. The Kier molecular flexibility index (Phi) is 7.57. The van der Waals surface area contributed by atoms with Crippen LogP contribution in [0.25, 0.3) is 10.6 Å². The first-order chi connectivity index (χ1) is 15.7. The molecule has 0 aliphatic carbocycles. The SMILES string of the molecule is O=C(Nc1nnc(-c2ccc(Cl)cc2)s1)[C@H]1CCCN(S(=O)(=O)Cc2c(Cl)cccc2Cl)C1. The van der Waals surface area contributed by atoms with Gasteiger partial charge in [0.25, 0.3) is 0 Å². The Labute approximate surface area is 210 Å². The summed E-state index contributed by atoms with van der Waals surface area (Å²) in [7, 11) is -3.71. The molecule has 4 rings (SSSR count). The highest BCUT2D eigenvalue weighted by Gasteiger charge is 2.33. The summed E-state index contributed by atoms with van der Waals surface area (Å²) < 4.78 is 27.4. The predicted molar refractivity (Wildman–Crippen MR) is 132 cm³/mol. The number of aromatic nitrogens is 2. The number of carbonyl (C=O) groups is 1. The van der Waals surface area contributed by atoms with Crippen molar-refractivity contribution in [3.63, 3.8) is 0 Å². The molecule has 12 heteroatoms. The van der Waals surface area contributed by atoms with Crippen molar-refractivity contribution >= 4 is 67.2 Å². The van der Waals surface area contributed by atoms with Crippen molar-refractivity contribution < 1.29 is 13.2 Å². The average molecular weight is 546 g/mol. The number of benzene rings is 2. The van der Waals surface area contributed by atoms with Gasteiger partial charge in [-0.25, -0.2) is 12.7 Å². The monoisotopic (exact) mass is 544 g/mol. The molecular weight excluding hydrogens is 527 g/mol. The van der Waals surface area contributed by atoms with Gasteiger partial charge in [0.05, 0.1) is 11.7 Å². The lowest BCUT2D eigenvalue weighted by atomic mass is 9.99. The number of amides is 1. The normalized spacial score (nSPS) is 17.1. The molecule has 1 fully saturated rings. The Morgan fingerprint density at radius 1 is 1.09 bits per heavy atom. The molecular formula is C21H19Cl3N4O3S2. The van der Waals surface area contributed by atoms with Crippen LogP contribution < -0.4 is 5.32 Å². The van der Waals surface area contributed by atoms with Crippen LogP contribution in [0, 0.1) is 5.92 Å². The fraction of sp³-hybridized carbons (Fsp3) is 0.286. The van der Waals surface area contributed by atoms with Crippen molar-refractivity contribution in [3.8, 4) is 10.6 Å². The van der Waals surface area contributed by atoms with E-state index < -0.39 is 15.9 Å². The van der Waals surface area contributed by atoms with Crippen LogP contribution in [0.5, 0.6) is 0 Å². The van der Waals surface area contributed by atoms with E-state index in [9.17, 15) is 13.2 Å². The summed E-state index contributed by atoms with van der Waals surface area (Å²) in [6.07, 6.45) is 1.15. The summed E-state index contributed by atoms with van der Waals surface area (Å²) in [5.74, 6) is -1.11. The highest BCUT2D eigenvalue weighted by Crippen LogP contribution is 2.30. The lowest BCUT2D eigenvalue weighted by Gasteiger charge is -2.31. The van der Waals surface area contributed by atoms with Crippen LogP contribution in [-0.2, 0) is 20.6 Å². The molecule has 1 aromatic heterocycles. The van der Waals surface area contributed by atoms with E-state index in [-0.39, 0.29) is 18.2 Å². The molecule has 1 aliphatic rings. The molecule has 1 atom stereocenters. The largest absolute Gasteiger partial charge is 0.300 e. The van der Waals surface area contributed by atoms with Crippen molar-refractivity contribution in [2.45, 2.75) is 18.6 Å². The minimum absolute atomic E-state index is 0.0824. The minimum Gasteiger partial charge on any atom is -0.300 e. The topological polar surface area (TPSA) is 92.3 Å². The zero-order valence-corrected chi connectivity index (χ0v) is 21.1. The fourth-order valence-corrected chi connectivity index (χ4v) is 6.78. The Morgan fingerprint density at radius 3 is 2.48 bits per heavy atom. The highest BCUT2D eigenvalue weighted by molar-refractivity contribution is 7.88. The standard InChI is InChI=1S/C21H19Cl3N4O3S2/c22-15-8-6-13(7-9-15)20-26-27-21(32-20)25-19(29)14-3-2-10-28(11-14)33(30,31)12-16-17(23)4-1-5-18(16)24/h1,4-9,14H,2-3,10-12H2,(H,25,27,29)/t14-/m0/s1. The van der Waals surface area contributed by atoms with Crippen LogP contribution in [0.15, 0.2) is 42.5 Å². The maximum absolute atomic E-state index is 13.0. The van der Waals surface area contributed by atoms with E-state index in [1.54, 1.807) is 30.3 Å². The van der Waals surface area contributed by atoms with Crippen LogP contribution in [0.4, 0.5) is 5.13 Å². The maximum Gasteiger partial charge on any atom is 0.230 e. The summed E-state index contributed by atoms with van der Waals surface area (Å²) in [5, 5.41) is 13.1. The Balaban J connectivity index is 1.42. The smallest absolute Gasteiger partial charge is 0.230 e. The molecule has 7 nitrogen and oxygen atoms in total. The number of nitrogens with zero attached hydrogens (tertiary/aromatic N) is 3. The van der Waals surface area contributed by atoms with Crippen molar-refractivity contribution in [1.29, 1.82) is 0 Å². The quantitative estimate of drug-likeness (QED) is 0.451. The van der Waals surface area contributed by atoms with E-state index in [0.717, 1.165) is 5.56 Å². The predicted octanol–water partition coefficient (Wildman–Crippen LogP) is 5.35. The molecule has 1 amide bonds. The van der Waals surface area contributed by atoms with Gasteiger partial charge in [0.15, 0.2) is 0 Å². The lowest BCUT2D eigenvalue weighted by Crippen LogP contribution is -2.44. The first-order valence-electron chi connectivity index (χ1n) is 10.0. The number of hydrogen-bond acceptors (Lipinski definition) is 6. The number of halogens is 3. The third-order valence-electron chi connectivity index (χ3n) is 5.28. The van der Waals surface area contributed by atoms with Crippen LogP contribution >= 0.6 is 46.1 Å². The number of rotatable bonds is 6. The van der Waals surface area contributed by atoms with Gasteiger partial charge >= 0.3 is 0 Å². The van der Waals surface area contributed by atoms with E-state index in [2.05, 4.69) is 15.5 Å². The Bertz CT molecular complexity index is 1250. The second-order valence-corrected chi connectivity index (χ2v) is 11.8. The number of carbonyl (C=O) groups excluding carboxylic acids is 1. The van der Waals surface area contributed by atoms with Crippen LogP contribution in [0.2, 0.25) is 15.1 Å². The van der Waals surface area contributed by atoms with Gasteiger partial charge in [0.1, 0.15) is 5.01 Å². The molecule has 0 bridgehead atoms. The van der Waals surface area contributed by atoms with E-state index in [0.29, 0.717) is 50.2 Å². The molecule has 0 saturated carbocycles. The molecule has 1 N–H and O–H groups in total. The van der Waals surface area contributed by atoms with E-state index in [1.165, 1.54) is 15.6 Å². The van der Waals surface area contributed by atoms with Crippen LogP contribution in [-0.4, -0.2) is 41.9 Å². The summed E-state index contributed by atoms with van der Waals surface area (Å²) in [6.45, 7) is 0.423. The maximum atomic E-state index is 13.0. The minimum atomic E-state index is -3.71. The second kappa shape index (κ2) is 10.2. The lowest BCUT2D eigenvalue weighted by molar-refractivity contribution is -0.120. The third-order valence-corrected chi connectivity index (χ3v) is 8.90. The number of nitrogens with one attached hydrogen (secondary N) is 1. The molecule has 3 aromatic rings. The van der Waals surface area contributed by atoms with Crippen molar-refractivity contribution in [1.82, 2.24) is 14.5 Å². The van der Waals surface area contributed by atoms with Gasteiger partial charge in [-0.05, 0) is 37.1 Å².